The van der Waals surface area contributed by atoms with Crippen molar-refractivity contribution in [1.82, 2.24) is 14.8 Å². The van der Waals surface area contributed by atoms with Gasteiger partial charge in [0.05, 0.1) is 5.69 Å². The average Bonchev–Trinajstić information content (AvgIpc) is 2.82. The summed E-state index contributed by atoms with van der Waals surface area (Å²) in [7, 11) is -5.74. The topological polar surface area (TPSA) is 126 Å². The SMILES string of the molecule is CC(C)(C)OC(=O)N1CC=C(OS(=O)(=O)C(F)(F)F)CC1C(C)(C)C.Cc1cccnc1C1=CCN(C(=O)O)CC1. The Bertz CT molecular complexity index is 1280. The first kappa shape index (κ1) is 33.9. The average molecular weight is 606 g/mol. The number of aromatic nitrogens is 1. The minimum atomic E-state index is -5.74. The van der Waals surface area contributed by atoms with E-state index in [2.05, 4.69) is 9.17 Å². The van der Waals surface area contributed by atoms with E-state index in [-0.39, 0.29) is 18.7 Å². The number of hydrogen-bond donors (Lipinski definition) is 1. The van der Waals surface area contributed by atoms with Gasteiger partial charge in [-0.05, 0) is 62.8 Å². The van der Waals surface area contributed by atoms with Crippen molar-refractivity contribution in [3.8, 4) is 0 Å². The summed E-state index contributed by atoms with van der Waals surface area (Å²) in [6.07, 6.45) is 3.96. The Morgan fingerprint density at radius 2 is 1.71 bits per heavy atom. The number of ether oxygens (including phenoxy) is 1. The summed E-state index contributed by atoms with van der Waals surface area (Å²) in [5.74, 6) is -0.336. The summed E-state index contributed by atoms with van der Waals surface area (Å²) in [4.78, 5) is 30.2. The second-order valence-electron chi connectivity index (χ2n) is 11.7. The van der Waals surface area contributed by atoms with Gasteiger partial charge in [-0.15, -0.1) is 0 Å². The van der Waals surface area contributed by atoms with E-state index in [4.69, 9.17) is 9.84 Å². The molecule has 1 aromatic rings. The van der Waals surface area contributed by atoms with E-state index < -0.39 is 44.9 Å². The van der Waals surface area contributed by atoms with Crippen LogP contribution in [0.1, 0.15) is 65.6 Å². The molecule has 10 nitrogen and oxygen atoms in total. The van der Waals surface area contributed by atoms with Gasteiger partial charge in [-0.3, -0.25) is 4.98 Å². The fourth-order valence-electron chi connectivity index (χ4n) is 4.14. The molecule has 0 saturated heterocycles. The quantitative estimate of drug-likeness (QED) is 0.331. The van der Waals surface area contributed by atoms with Crippen molar-refractivity contribution < 1.29 is 45.2 Å². The van der Waals surface area contributed by atoms with Crippen molar-refractivity contribution in [1.29, 1.82) is 0 Å². The zero-order valence-electron chi connectivity index (χ0n) is 24.3. The molecule has 1 unspecified atom stereocenters. The highest BCUT2D eigenvalue weighted by atomic mass is 32.2. The summed E-state index contributed by atoms with van der Waals surface area (Å²) in [6.45, 7) is 13.4. The number of halogens is 3. The number of carboxylic acid groups (broad SMARTS) is 1. The number of carbonyl (C=O) groups excluding carboxylic acids is 1. The molecule has 1 N–H and O–H groups in total. The molecule has 0 saturated carbocycles. The number of hydrogen-bond acceptors (Lipinski definition) is 7. The van der Waals surface area contributed by atoms with Crippen LogP contribution in [0.5, 0.6) is 0 Å². The third kappa shape index (κ3) is 9.65. The molecule has 0 aromatic carbocycles. The molecule has 1 aromatic heterocycles. The Morgan fingerprint density at radius 3 is 2.17 bits per heavy atom. The van der Waals surface area contributed by atoms with Gasteiger partial charge in [0.1, 0.15) is 11.4 Å². The minimum absolute atomic E-state index is 0.112. The lowest BCUT2D eigenvalue weighted by molar-refractivity contribution is -0.0531. The van der Waals surface area contributed by atoms with Crippen LogP contribution in [0.3, 0.4) is 0 Å². The summed E-state index contributed by atoms with van der Waals surface area (Å²) in [6, 6.07) is 3.34. The number of nitrogens with zero attached hydrogens (tertiary/aromatic N) is 3. The lowest BCUT2D eigenvalue weighted by atomic mass is 9.82. The highest BCUT2D eigenvalue weighted by Crippen LogP contribution is 2.36. The van der Waals surface area contributed by atoms with Crippen LogP contribution >= 0.6 is 0 Å². The highest BCUT2D eigenvalue weighted by Gasteiger charge is 2.50. The molecule has 0 radical (unpaired) electrons. The van der Waals surface area contributed by atoms with Gasteiger partial charge >= 0.3 is 27.8 Å². The van der Waals surface area contributed by atoms with E-state index in [9.17, 15) is 31.2 Å². The summed E-state index contributed by atoms with van der Waals surface area (Å²) < 4.78 is 69.4. The van der Waals surface area contributed by atoms with E-state index in [0.29, 0.717) is 13.1 Å². The van der Waals surface area contributed by atoms with Gasteiger partial charge in [0, 0.05) is 38.3 Å². The maximum Gasteiger partial charge on any atom is 0.534 e. The van der Waals surface area contributed by atoms with Crippen molar-refractivity contribution >= 4 is 27.9 Å². The number of carbonyl (C=O) groups is 2. The van der Waals surface area contributed by atoms with Crippen LogP contribution in [0.25, 0.3) is 5.57 Å². The molecule has 2 amide bonds. The number of amides is 2. The zero-order valence-corrected chi connectivity index (χ0v) is 25.1. The van der Waals surface area contributed by atoms with Gasteiger partial charge in [-0.25, -0.2) is 9.59 Å². The van der Waals surface area contributed by atoms with Crippen LogP contribution in [-0.2, 0) is 19.0 Å². The van der Waals surface area contributed by atoms with Gasteiger partial charge in [0.25, 0.3) is 0 Å². The van der Waals surface area contributed by atoms with Gasteiger partial charge in [0.2, 0.25) is 0 Å². The van der Waals surface area contributed by atoms with Crippen LogP contribution < -0.4 is 0 Å². The number of aryl methyl sites for hydroxylation is 1. The Kier molecular flexibility index (Phi) is 10.5. The molecule has 1 atom stereocenters. The number of alkyl halides is 3. The van der Waals surface area contributed by atoms with Crippen molar-refractivity contribution in [2.24, 2.45) is 5.41 Å². The molecule has 0 fully saturated rings. The molecule has 230 valence electrons. The second-order valence-corrected chi connectivity index (χ2v) is 13.3. The largest absolute Gasteiger partial charge is 0.534 e. The predicted octanol–water partition coefficient (Wildman–Crippen LogP) is 5.95. The van der Waals surface area contributed by atoms with Crippen LogP contribution in [-0.4, -0.2) is 77.3 Å². The van der Waals surface area contributed by atoms with Crippen molar-refractivity contribution in [2.75, 3.05) is 19.6 Å². The third-order valence-electron chi connectivity index (χ3n) is 6.21. The molecular weight excluding hydrogens is 567 g/mol. The molecule has 0 spiro atoms. The molecule has 2 aliphatic heterocycles. The molecule has 2 aliphatic rings. The van der Waals surface area contributed by atoms with Gasteiger partial charge < -0.3 is 23.8 Å². The van der Waals surface area contributed by atoms with Crippen LogP contribution in [0.4, 0.5) is 22.8 Å². The van der Waals surface area contributed by atoms with E-state index in [1.54, 1.807) is 47.7 Å². The van der Waals surface area contributed by atoms with E-state index in [1.165, 1.54) is 9.80 Å². The summed E-state index contributed by atoms with van der Waals surface area (Å²) in [5, 5.41) is 8.83. The molecule has 0 bridgehead atoms. The molecule has 14 heteroatoms. The molecule has 3 heterocycles. The van der Waals surface area contributed by atoms with Gasteiger partial charge in [0.15, 0.2) is 0 Å². The van der Waals surface area contributed by atoms with E-state index in [0.717, 1.165) is 29.3 Å². The van der Waals surface area contributed by atoms with Gasteiger partial charge in [-0.1, -0.05) is 32.9 Å². The first-order valence-corrected chi connectivity index (χ1v) is 14.3. The highest BCUT2D eigenvalue weighted by molar-refractivity contribution is 7.87. The van der Waals surface area contributed by atoms with Crippen LogP contribution in [0.2, 0.25) is 0 Å². The lowest BCUT2D eigenvalue weighted by Gasteiger charge is -2.42. The Hall–Kier alpha value is -3.29. The standard InChI is InChI=1S/C15H24F3NO5S.C12H14N2O2/c1-13(2,3)11-9-10(24-25(21,22)15(16,17)18)7-8-19(11)12(20)23-14(4,5)6;1-9-3-2-6-13-11(9)10-4-7-14(8-5-10)12(15)16/h7,11H,8-9H2,1-6H3;2-4,6H,5,7-8H2,1H3,(H,15,16). The number of rotatable bonds is 3. The summed E-state index contributed by atoms with van der Waals surface area (Å²) in [5.41, 5.74) is -3.50. The number of pyridine rings is 1. The zero-order chi connectivity index (χ0) is 31.4. The molecule has 41 heavy (non-hydrogen) atoms. The fraction of sp³-hybridized carbons (Fsp3) is 0.593. The van der Waals surface area contributed by atoms with Crippen molar-refractivity contribution in [2.45, 2.75) is 78.5 Å². The van der Waals surface area contributed by atoms with Gasteiger partial charge in [-0.2, -0.15) is 21.6 Å². The first-order valence-electron chi connectivity index (χ1n) is 12.9. The monoisotopic (exact) mass is 605 g/mol. The lowest BCUT2D eigenvalue weighted by Crippen LogP contribution is -2.51. The second kappa shape index (κ2) is 12.7. The molecule has 3 rings (SSSR count). The van der Waals surface area contributed by atoms with E-state index in [1.807, 2.05) is 25.1 Å². The van der Waals surface area contributed by atoms with Crippen LogP contribution in [0.15, 0.2) is 36.2 Å². The first-order chi connectivity index (χ1) is 18.6. The van der Waals surface area contributed by atoms with Crippen molar-refractivity contribution in [3.05, 3.63) is 47.5 Å². The maximum atomic E-state index is 12.5. The normalized spacial score (nSPS) is 18.4. The third-order valence-corrected chi connectivity index (χ3v) is 7.21. The maximum absolute atomic E-state index is 12.5. The van der Waals surface area contributed by atoms with Crippen molar-refractivity contribution in [3.63, 3.8) is 0 Å². The summed E-state index contributed by atoms with van der Waals surface area (Å²) >= 11 is 0. The minimum Gasteiger partial charge on any atom is -0.465 e. The molecule has 0 aliphatic carbocycles. The fourth-order valence-corrected chi connectivity index (χ4v) is 4.66. The van der Waals surface area contributed by atoms with Crippen LogP contribution in [0, 0.1) is 12.3 Å². The predicted molar refractivity (Wildman–Crippen MR) is 146 cm³/mol. The Morgan fingerprint density at radius 1 is 1.07 bits per heavy atom. The Labute approximate surface area is 238 Å². The Balaban J connectivity index is 0.000000314. The molecular formula is C27H38F3N3O7S. The van der Waals surface area contributed by atoms with E-state index >= 15 is 0 Å². The smallest absolute Gasteiger partial charge is 0.465 e.